The topological polar surface area (TPSA) is 49.3 Å². The second-order valence-electron chi connectivity index (χ2n) is 5.88. The van der Waals surface area contributed by atoms with E-state index >= 15 is 0 Å². The summed E-state index contributed by atoms with van der Waals surface area (Å²) < 4.78 is 39.0. The number of carbonyl (C=O) groups excluding carboxylic acids is 1. The predicted octanol–water partition coefficient (Wildman–Crippen LogP) is 4.00. The highest BCUT2D eigenvalue weighted by molar-refractivity contribution is 6.30. The fourth-order valence-corrected chi connectivity index (χ4v) is 3.07. The molecule has 3 atom stereocenters. The fourth-order valence-electron chi connectivity index (χ4n) is 2.94. The van der Waals surface area contributed by atoms with E-state index in [-0.39, 0.29) is 12.8 Å². The third-order valence-electron chi connectivity index (χ3n) is 4.17. The van der Waals surface area contributed by atoms with Gasteiger partial charge in [0.05, 0.1) is 18.4 Å². The molecule has 0 spiro atoms. The van der Waals surface area contributed by atoms with Gasteiger partial charge in [-0.15, -0.1) is 0 Å². The molecule has 1 aliphatic rings. The first-order chi connectivity index (χ1) is 10.8. The van der Waals surface area contributed by atoms with Gasteiger partial charge in [0, 0.05) is 11.1 Å². The molecule has 23 heavy (non-hydrogen) atoms. The Balaban J connectivity index is 1.93. The maximum Gasteiger partial charge on any atom is 0.393 e. The molecule has 7 heteroatoms. The minimum absolute atomic E-state index is 0.0359. The summed E-state index contributed by atoms with van der Waals surface area (Å²) >= 11 is 5.74. The minimum atomic E-state index is -4.31. The first kappa shape index (κ1) is 18.1. The van der Waals surface area contributed by atoms with E-state index < -0.39 is 30.1 Å². The van der Waals surface area contributed by atoms with Crippen LogP contribution in [0.5, 0.6) is 0 Å². The van der Waals surface area contributed by atoms with Crippen molar-refractivity contribution in [3.05, 3.63) is 34.9 Å². The van der Waals surface area contributed by atoms with Gasteiger partial charge in [-0.25, -0.2) is 0 Å². The third kappa shape index (κ3) is 5.11. The van der Waals surface area contributed by atoms with E-state index in [1.807, 2.05) is 0 Å². The molecule has 1 aliphatic carbocycles. The molecule has 3 nitrogen and oxygen atoms in total. The zero-order valence-corrected chi connectivity index (χ0v) is 13.2. The van der Waals surface area contributed by atoms with Gasteiger partial charge in [0.15, 0.2) is 0 Å². The maximum absolute atomic E-state index is 13.0. The number of benzene rings is 1. The Morgan fingerprint density at radius 3 is 2.48 bits per heavy atom. The number of aliphatic hydroxyl groups is 1. The van der Waals surface area contributed by atoms with Crippen molar-refractivity contribution in [3.8, 4) is 0 Å². The molecule has 0 aliphatic heterocycles. The number of alkyl halides is 3. The summed E-state index contributed by atoms with van der Waals surface area (Å²) in [7, 11) is 0. The Bertz CT molecular complexity index is 533. The second-order valence-corrected chi connectivity index (χ2v) is 6.31. The van der Waals surface area contributed by atoms with Crippen LogP contribution in [-0.2, 0) is 4.79 Å². The van der Waals surface area contributed by atoms with Gasteiger partial charge in [0.1, 0.15) is 0 Å². The molecule has 2 N–H and O–H groups in total. The standard InChI is InChI=1S/C16H19ClF3NO2/c17-11-7-5-10(6-8-11)14(22)9-15(23)21-13-4-2-1-3-12(13)16(18,19)20/h5-8,12-14,22H,1-4,9H2,(H,21,23). The van der Waals surface area contributed by atoms with Crippen LogP contribution in [0.3, 0.4) is 0 Å². The first-order valence-corrected chi connectivity index (χ1v) is 7.95. The summed E-state index contributed by atoms with van der Waals surface area (Å²) in [4.78, 5) is 12.0. The Morgan fingerprint density at radius 1 is 1.26 bits per heavy atom. The number of amides is 1. The van der Waals surface area contributed by atoms with Crippen LogP contribution in [-0.4, -0.2) is 23.2 Å². The van der Waals surface area contributed by atoms with Gasteiger partial charge in [-0.2, -0.15) is 13.2 Å². The largest absolute Gasteiger partial charge is 0.393 e. The Hall–Kier alpha value is -1.27. The zero-order chi connectivity index (χ0) is 17.0. The highest BCUT2D eigenvalue weighted by Gasteiger charge is 2.45. The molecule has 1 aromatic rings. The monoisotopic (exact) mass is 349 g/mol. The van der Waals surface area contributed by atoms with E-state index in [1.165, 1.54) is 0 Å². The van der Waals surface area contributed by atoms with Crippen molar-refractivity contribution in [1.82, 2.24) is 5.32 Å². The zero-order valence-electron chi connectivity index (χ0n) is 12.4. The van der Waals surface area contributed by atoms with Crippen LogP contribution in [0.1, 0.15) is 43.8 Å². The van der Waals surface area contributed by atoms with Gasteiger partial charge < -0.3 is 10.4 Å². The third-order valence-corrected chi connectivity index (χ3v) is 4.42. The lowest BCUT2D eigenvalue weighted by molar-refractivity contribution is -0.189. The van der Waals surface area contributed by atoms with Crippen LogP contribution in [0.4, 0.5) is 13.2 Å². The number of rotatable bonds is 4. The average Bonchev–Trinajstić information content (AvgIpc) is 2.47. The quantitative estimate of drug-likeness (QED) is 0.863. The molecule has 1 fully saturated rings. The van der Waals surface area contributed by atoms with Crippen molar-refractivity contribution in [2.75, 3.05) is 0 Å². The van der Waals surface area contributed by atoms with Crippen molar-refractivity contribution in [1.29, 1.82) is 0 Å². The van der Waals surface area contributed by atoms with Gasteiger partial charge in [-0.1, -0.05) is 36.6 Å². The van der Waals surface area contributed by atoms with Gasteiger partial charge in [-0.05, 0) is 30.5 Å². The SMILES string of the molecule is O=C(CC(O)c1ccc(Cl)cc1)NC1CCCCC1C(F)(F)F. The Morgan fingerprint density at radius 2 is 1.87 bits per heavy atom. The van der Waals surface area contributed by atoms with Crippen LogP contribution < -0.4 is 5.32 Å². The summed E-state index contributed by atoms with van der Waals surface area (Å²) in [6.45, 7) is 0. The number of aliphatic hydroxyl groups excluding tert-OH is 1. The molecule has 0 bridgehead atoms. The van der Waals surface area contributed by atoms with E-state index in [4.69, 9.17) is 11.6 Å². The first-order valence-electron chi connectivity index (χ1n) is 7.57. The second kappa shape index (κ2) is 7.53. The highest BCUT2D eigenvalue weighted by atomic mass is 35.5. The molecule has 3 unspecified atom stereocenters. The van der Waals surface area contributed by atoms with Crippen molar-refractivity contribution < 1.29 is 23.1 Å². The number of carbonyl (C=O) groups is 1. The smallest absolute Gasteiger partial charge is 0.388 e. The summed E-state index contributed by atoms with van der Waals surface area (Å²) in [5, 5.41) is 13.0. The average molecular weight is 350 g/mol. The van der Waals surface area contributed by atoms with Crippen LogP contribution in [0.25, 0.3) is 0 Å². The normalized spacial score (nSPS) is 23.3. The van der Waals surface area contributed by atoms with E-state index in [0.717, 1.165) is 0 Å². The lowest BCUT2D eigenvalue weighted by Gasteiger charge is -2.33. The van der Waals surface area contributed by atoms with Crippen LogP contribution in [0.2, 0.25) is 5.02 Å². The molecule has 128 valence electrons. The van der Waals surface area contributed by atoms with Crippen LogP contribution >= 0.6 is 11.6 Å². The molecule has 1 aromatic carbocycles. The van der Waals surface area contributed by atoms with Gasteiger partial charge in [0.2, 0.25) is 5.91 Å². The molecule has 0 heterocycles. The lowest BCUT2D eigenvalue weighted by Crippen LogP contribution is -2.47. The van der Waals surface area contributed by atoms with Crippen molar-refractivity contribution in [2.24, 2.45) is 5.92 Å². The molecule has 0 saturated heterocycles. The summed E-state index contributed by atoms with van der Waals surface area (Å²) in [6, 6.07) is 5.42. The number of hydrogen-bond donors (Lipinski definition) is 2. The highest BCUT2D eigenvalue weighted by Crippen LogP contribution is 2.37. The number of nitrogens with one attached hydrogen (secondary N) is 1. The fraction of sp³-hybridized carbons (Fsp3) is 0.562. The Labute approximate surface area is 137 Å². The van der Waals surface area contributed by atoms with Crippen molar-refractivity contribution in [3.63, 3.8) is 0 Å². The van der Waals surface area contributed by atoms with Gasteiger partial charge in [-0.3, -0.25) is 4.79 Å². The van der Waals surface area contributed by atoms with Crippen molar-refractivity contribution >= 4 is 17.5 Å². The van der Waals surface area contributed by atoms with E-state index in [1.54, 1.807) is 24.3 Å². The summed E-state index contributed by atoms with van der Waals surface area (Å²) in [5.74, 6) is -2.08. The minimum Gasteiger partial charge on any atom is -0.388 e. The number of halogens is 4. The Kier molecular flexibility index (Phi) is 5.92. The molecule has 2 rings (SSSR count). The maximum atomic E-state index is 13.0. The van der Waals surface area contributed by atoms with E-state index in [2.05, 4.69) is 5.32 Å². The predicted molar refractivity (Wildman–Crippen MR) is 81.0 cm³/mol. The van der Waals surface area contributed by atoms with Crippen LogP contribution in [0.15, 0.2) is 24.3 Å². The molecule has 1 amide bonds. The van der Waals surface area contributed by atoms with E-state index in [9.17, 15) is 23.1 Å². The van der Waals surface area contributed by atoms with Crippen molar-refractivity contribution in [2.45, 2.75) is 50.4 Å². The summed E-state index contributed by atoms with van der Waals surface area (Å²) in [5.41, 5.74) is 0.501. The molecule has 1 saturated carbocycles. The molecular weight excluding hydrogens is 331 g/mol. The summed E-state index contributed by atoms with van der Waals surface area (Å²) in [6.07, 6.45) is -4.13. The van der Waals surface area contributed by atoms with Gasteiger partial charge in [0.25, 0.3) is 0 Å². The number of hydrogen-bond acceptors (Lipinski definition) is 2. The van der Waals surface area contributed by atoms with Crippen LogP contribution in [0, 0.1) is 5.92 Å². The molecular formula is C16H19ClF3NO2. The van der Waals surface area contributed by atoms with Gasteiger partial charge >= 0.3 is 6.18 Å². The molecule has 0 radical (unpaired) electrons. The lowest BCUT2D eigenvalue weighted by atomic mass is 9.84. The van der Waals surface area contributed by atoms with E-state index in [0.29, 0.717) is 29.8 Å². The molecule has 0 aromatic heterocycles.